The van der Waals surface area contributed by atoms with Crippen molar-refractivity contribution in [2.75, 3.05) is 13.6 Å². The van der Waals surface area contributed by atoms with Gasteiger partial charge in [0.1, 0.15) is 0 Å². The number of carbonyl (C=O) groups is 1. The van der Waals surface area contributed by atoms with Crippen LogP contribution in [0.25, 0.3) is 0 Å². The molecular formula is C14H30N2O. The van der Waals surface area contributed by atoms with Gasteiger partial charge in [0.25, 0.3) is 0 Å². The van der Waals surface area contributed by atoms with Crippen LogP contribution in [0.15, 0.2) is 0 Å². The van der Waals surface area contributed by atoms with Crippen LogP contribution >= 0.6 is 0 Å². The van der Waals surface area contributed by atoms with Crippen LogP contribution < -0.4 is 10.6 Å². The average molecular weight is 242 g/mol. The minimum atomic E-state index is 0.0842. The van der Waals surface area contributed by atoms with Crippen LogP contribution in [-0.4, -0.2) is 25.5 Å². The second-order valence-electron chi connectivity index (χ2n) is 4.74. The van der Waals surface area contributed by atoms with Gasteiger partial charge < -0.3 is 10.6 Å². The van der Waals surface area contributed by atoms with Crippen molar-refractivity contribution in [3.8, 4) is 0 Å². The predicted molar refractivity (Wildman–Crippen MR) is 74.1 cm³/mol. The van der Waals surface area contributed by atoms with Gasteiger partial charge in [0.2, 0.25) is 5.91 Å². The Morgan fingerprint density at radius 3 is 1.94 bits per heavy atom. The molecule has 0 atom stereocenters. The zero-order valence-corrected chi connectivity index (χ0v) is 11.8. The van der Waals surface area contributed by atoms with Crippen LogP contribution in [-0.2, 0) is 4.79 Å². The summed E-state index contributed by atoms with van der Waals surface area (Å²) in [5.41, 5.74) is 0. The minimum Gasteiger partial charge on any atom is -0.358 e. The zero-order chi connectivity index (χ0) is 12.9. The third-order valence-corrected chi connectivity index (χ3v) is 3.14. The molecule has 17 heavy (non-hydrogen) atoms. The zero-order valence-electron chi connectivity index (χ0n) is 11.8. The summed E-state index contributed by atoms with van der Waals surface area (Å²) in [5.74, 6) is 0.0842. The molecule has 1 amide bonds. The smallest absolute Gasteiger partial charge is 0.233 e. The summed E-state index contributed by atoms with van der Waals surface area (Å²) in [4.78, 5) is 11.2. The van der Waals surface area contributed by atoms with E-state index in [1.807, 2.05) is 0 Å². The number of hydrogen-bond donors (Lipinski definition) is 2. The van der Waals surface area contributed by atoms with Crippen molar-refractivity contribution in [2.24, 2.45) is 0 Å². The average Bonchev–Trinajstić information content (AvgIpc) is 2.35. The van der Waals surface area contributed by atoms with E-state index in [0.29, 0.717) is 12.6 Å². The standard InChI is InChI=1S/C14H30N2O/c1-4-6-8-10-13(11-9-7-5-2)16-12-14(17)15-3/h13,16H,4-12H2,1-3H3,(H,15,17). The lowest BCUT2D eigenvalue weighted by Gasteiger charge is -2.18. The Kier molecular flexibility index (Phi) is 11.5. The molecule has 0 bridgehead atoms. The van der Waals surface area contributed by atoms with E-state index >= 15 is 0 Å². The second kappa shape index (κ2) is 11.9. The lowest BCUT2D eigenvalue weighted by atomic mass is 10.0. The fraction of sp³-hybridized carbons (Fsp3) is 0.929. The van der Waals surface area contributed by atoms with E-state index in [0.717, 1.165) is 0 Å². The van der Waals surface area contributed by atoms with Crippen LogP contribution in [0.2, 0.25) is 0 Å². The first-order valence-corrected chi connectivity index (χ1v) is 7.18. The Bertz CT molecular complexity index is 173. The third-order valence-electron chi connectivity index (χ3n) is 3.14. The number of hydrogen-bond acceptors (Lipinski definition) is 2. The Morgan fingerprint density at radius 1 is 1.00 bits per heavy atom. The van der Waals surface area contributed by atoms with Crippen molar-refractivity contribution in [1.82, 2.24) is 10.6 Å². The molecule has 0 rings (SSSR count). The van der Waals surface area contributed by atoms with Crippen LogP contribution in [0.4, 0.5) is 0 Å². The first-order valence-electron chi connectivity index (χ1n) is 7.18. The Hall–Kier alpha value is -0.570. The fourth-order valence-electron chi connectivity index (χ4n) is 1.96. The second-order valence-corrected chi connectivity index (χ2v) is 4.74. The van der Waals surface area contributed by atoms with Gasteiger partial charge in [-0.2, -0.15) is 0 Å². The minimum absolute atomic E-state index is 0.0842. The van der Waals surface area contributed by atoms with E-state index < -0.39 is 0 Å². The molecular weight excluding hydrogens is 212 g/mol. The molecule has 0 aromatic rings. The molecule has 2 N–H and O–H groups in total. The molecule has 0 heterocycles. The van der Waals surface area contributed by atoms with Crippen molar-refractivity contribution in [3.05, 3.63) is 0 Å². The van der Waals surface area contributed by atoms with Gasteiger partial charge in [-0.05, 0) is 12.8 Å². The van der Waals surface area contributed by atoms with E-state index in [1.54, 1.807) is 7.05 Å². The van der Waals surface area contributed by atoms with Crippen molar-refractivity contribution in [3.63, 3.8) is 0 Å². The van der Waals surface area contributed by atoms with Gasteiger partial charge in [0.15, 0.2) is 0 Å². The van der Waals surface area contributed by atoms with Gasteiger partial charge in [0, 0.05) is 13.1 Å². The largest absolute Gasteiger partial charge is 0.358 e. The number of nitrogens with one attached hydrogen (secondary N) is 2. The maximum atomic E-state index is 11.2. The maximum absolute atomic E-state index is 11.2. The summed E-state index contributed by atoms with van der Waals surface area (Å²) >= 11 is 0. The summed E-state index contributed by atoms with van der Waals surface area (Å²) in [6.07, 6.45) is 10.1. The molecule has 102 valence electrons. The van der Waals surface area contributed by atoms with Gasteiger partial charge in [-0.1, -0.05) is 52.4 Å². The lowest BCUT2D eigenvalue weighted by molar-refractivity contribution is -0.119. The maximum Gasteiger partial charge on any atom is 0.233 e. The van der Waals surface area contributed by atoms with Gasteiger partial charge in [-0.15, -0.1) is 0 Å². The highest BCUT2D eigenvalue weighted by Crippen LogP contribution is 2.10. The summed E-state index contributed by atoms with van der Waals surface area (Å²) in [6, 6.07) is 0.519. The Morgan fingerprint density at radius 2 is 1.53 bits per heavy atom. The number of unbranched alkanes of at least 4 members (excludes halogenated alkanes) is 4. The number of carbonyl (C=O) groups excluding carboxylic acids is 1. The summed E-state index contributed by atoms with van der Waals surface area (Å²) in [5, 5.41) is 6.03. The SMILES string of the molecule is CCCCCC(CCCCC)NCC(=O)NC. The topological polar surface area (TPSA) is 41.1 Å². The van der Waals surface area contributed by atoms with Crippen molar-refractivity contribution < 1.29 is 4.79 Å². The molecule has 3 heteroatoms. The number of likely N-dealkylation sites (N-methyl/N-ethyl adjacent to an activating group) is 1. The van der Waals surface area contributed by atoms with Crippen LogP contribution in [0, 0.1) is 0 Å². The van der Waals surface area contributed by atoms with Gasteiger partial charge in [-0.3, -0.25) is 4.79 Å². The molecule has 0 aliphatic heterocycles. The van der Waals surface area contributed by atoms with E-state index in [4.69, 9.17) is 0 Å². The van der Waals surface area contributed by atoms with Gasteiger partial charge in [0.05, 0.1) is 6.54 Å². The molecule has 0 saturated carbocycles. The molecule has 0 fully saturated rings. The summed E-state index contributed by atoms with van der Waals surface area (Å²) in [7, 11) is 1.69. The predicted octanol–water partition coefficient (Wildman–Crippen LogP) is 2.85. The molecule has 3 nitrogen and oxygen atoms in total. The van der Waals surface area contributed by atoms with Crippen LogP contribution in [0.3, 0.4) is 0 Å². The lowest BCUT2D eigenvalue weighted by Crippen LogP contribution is -2.38. The highest BCUT2D eigenvalue weighted by molar-refractivity contribution is 5.77. The quantitative estimate of drug-likeness (QED) is 0.547. The summed E-state index contributed by atoms with van der Waals surface area (Å²) in [6.45, 7) is 4.91. The molecule has 0 aromatic carbocycles. The highest BCUT2D eigenvalue weighted by atomic mass is 16.1. The Labute approximate surface area is 107 Å². The molecule has 0 radical (unpaired) electrons. The monoisotopic (exact) mass is 242 g/mol. The van der Waals surface area contributed by atoms with E-state index in [-0.39, 0.29) is 5.91 Å². The van der Waals surface area contributed by atoms with E-state index in [2.05, 4.69) is 24.5 Å². The van der Waals surface area contributed by atoms with Crippen molar-refractivity contribution in [1.29, 1.82) is 0 Å². The molecule has 0 saturated heterocycles. The van der Waals surface area contributed by atoms with E-state index in [1.165, 1.54) is 51.4 Å². The van der Waals surface area contributed by atoms with Crippen molar-refractivity contribution in [2.45, 2.75) is 71.3 Å². The first-order chi connectivity index (χ1) is 8.24. The van der Waals surface area contributed by atoms with Crippen LogP contribution in [0.5, 0.6) is 0 Å². The van der Waals surface area contributed by atoms with E-state index in [9.17, 15) is 4.79 Å². The first kappa shape index (κ1) is 16.4. The van der Waals surface area contributed by atoms with Crippen molar-refractivity contribution >= 4 is 5.91 Å². The normalized spacial score (nSPS) is 10.8. The summed E-state index contributed by atoms with van der Waals surface area (Å²) < 4.78 is 0. The number of rotatable bonds is 11. The van der Waals surface area contributed by atoms with Gasteiger partial charge in [-0.25, -0.2) is 0 Å². The fourth-order valence-corrected chi connectivity index (χ4v) is 1.96. The molecule has 0 aromatic heterocycles. The third kappa shape index (κ3) is 10.3. The molecule has 0 unspecified atom stereocenters. The highest BCUT2D eigenvalue weighted by Gasteiger charge is 2.09. The number of amides is 1. The van der Waals surface area contributed by atoms with Crippen LogP contribution in [0.1, 0.15) is 65.2 Å². The molecule has 0 aliphatic rings. The Balaban J connectivity index is 3.79. The van der Waals surface area contributed by atoms with Gasteiger partial charge >= 0.3 is 0 Å². The molecule has 0 spiro atoms. The molecule has 0 aliphatic carbocycles.